The number of carbonyl (C=O) groups is 1. The highest BCUT2D eigenvalue weighted by molar-refractivity contribution is 5.78. The molecule has 0 saturated carbocycles. The molecule has 2 N–H and O–H groups in total. The van der Waals surface area contributed by atoms with Gasteiger partial charge in [-0.05, 0) is 57.5 Å². The molecule has 0 aromatic rings. The first-order chi connectivity index (χ1) is 9.13. The number of carbonyl (C=O) groups excluding carboxylic acids is 1. The first-order valence-electron chi connectivity index (χ1n) is 7.86. The van der Waals surface area contributed by atoms with Crippen molar-refractivity contribution in [2.75, 3.05) is 32.7 Å². The molecule has 2 aliphatic heterocycles. The first-order valence-corrected chi connectivity index (χ1v) is 7.86. The van der Waals surface area contributed by atoms with Crippen molar-refractivity contribution in [3.05, 3.63) is 0 Å². The molecule has 0 radical (unpaired) electrons. The van der Waals surface area contributed by atoms with Crippen molar-refractivity contribution in [2.24, 2.45) is 5.41 Å². The van der Waals surface area contributed by atoms with Crippen LogP contribution >= 0.6 is 0 Å². The van der Waals surface area contributed by atoms with Gasteiger partial charge >= 0.3 is 0 Å². The van der Waals surface area contributed by atoms with Crippen molar-refractivity contribution in [1.29, 1.82) is 0 Å². The van der Waals surface area contributed by atoms with E-state index in [9.17, 15) is 4.79 Å². The predicted molar refractivity (Wildman–Crippen MR) is 78.1 cm³/mol. The Morgan fingerprint density at radius 3 is 2.89 bits per heavy atom. The lowest BCUT2D eigenvalue weighted by Crippen LogP contribution is -2.53. The average Bonchev–Trinajstić information content (AvgIpc) is 2.39. The minimum absolute atomic E-state index is 0.190. The topological polar surface area (TPSA) is 44.4 Å². The highest BCUT2D eigenvalue weighted by atomic mass is 16.2. The highest BCUT2D eigenvalue weighted by Crippen LogP contribution is 2.35. The smallest absolute Gasteiger partial charge is 0.234 e. The summed E-state index contributed by atoms with van der Waals surface area (Å²) in [6.45, 7) is 9.22. The summed E-state index contributed by atoms with van der Waals surface area (Å²) in [5, 5.41) is 6.61. The number of piperidine rings is 2. The minimum Gasteiger partial charge on any atom is -0.353 e. The van der Waals surface area contributed by atoms with Crippen molar-refractivity contribution < 1.29 is 4.79 Å². The molecular weight excluding hydrogens is 238 g/mol. The molecule has 0 aromatic heterocycles. The van der Waals surface area contributed by atoms with Crippen molar-refractivity contribution in [1.82, 2.24) is 15.5 Å². The maximum Gasteiger partial charge on any atom is 0.234 e. The third kappa shape index (κ3) is 4.18. The molecule has 2 atom stereocenters. The number of nitrogens with one attached hydrogen (secondary N) is 2. The summed E-state index contributed by atoms with van der Waals surface area (Å²) in [4.78, 5) is 14.3. The Morgan fingerprint density at radius 2 is 2.21 bits per heavy atom. The molecule has 4 nitrogen and oxygen atoms in total. The second-order valence-corrected chi connectivity index (χ2v) is 6.47. The fourth-order valence-corrected chi connectivity index (χ4v) is 3.45. The van der Waals surface area contributed by atoms with Crippen LogP contribution in [0.25, 0.3) is 0 Å². The molecule has 2 rings (SSSR count). The minimum atomic E-state index is 0.190. The van der Waals surface area contributed by atoms with Crippen molar-refractivity contribution in [3.63, 3.8) is 0 Å². The van der Waals surface area contributed by atoms with Crippen LogP contribution in [0.4, 0.5) is 0 Å². The molecule has 2 aliphatic rings. The van der Waals surface area contributed by atoms with E-state index in [-0.39, 0.29) is 5.91 Å². The number of hydrogen-bond donors (Lipinski definition) is 2. The van der Waals surface area contributed by atoms with Crippen molar-refractivity contribution in [3.8, 4) is 0 Å². The predicted octanol–water partition coefficient (Wildman–Crippen LogP) is 1.37. The first kappa shape index (κ1) is 14.8. The van der Waals surface area contributed by atoms with Crippen molar-refractivity contribution in [2.45, 2.75) is 52.0 Å². The molecule has 0 aromatic carbocycles. The lowest BCUT2D eigenvalue weighted by atomic mass is 9.74. The molecule has 0 bridgehead atoms. The van der Waals surface area contributed by atoms with Gasteiger partial charge in [0, 0.05) is 19.1 Å². The third-order valence-electron chi connectivity index (χ3n) is 4.69. The van der Waals surface area contributed by atoms with E-state index in [1.165, 1.54) is 25.7 Å². The Hall–Kier alpha value is -0.610. The molecule has 4 heteroatoms. The van der Waals surface area contributed by atoms with Crippen LogP contribution in [0.3, 0.4) is 0 Å². The molecule has 2 unspecified atom stereocenters. The monoisotopic (exact) mass is 267 g/mol. The van der Waals surface area contributed by atoms with E-state index in [0.717, 1.165) is 32.6 Å². The van der Waals surface area contributed by atoms with Crippen LogP contribution in [-0.2, 0) is 4.79 Å². The summed E-state index contributed by atoms with van der Waals surface area (Å²) in [5.41, 5.74) is 0.438. The number of nitrogens with zero attached hydrogens (tertiary/aromatic N) is 1. The maximum atomic E-state index is 12.0. The summed E-state index contributed by atoms with van der Waals surface area (Å²) in [6.07, 6.45) is 6.16. The van der Waals surface area contributed by atoms with Gasteiger partial charge in [-0.25, -0.2) is 0 Å². The third-order valence-corrected chi connectivity index (χ3v) is 4.69. The van der Waals surface area contributed by atoms with Gasteiger partial charge in [0.1, 0.15) is 0 Å². The molecule has 110 valence electrons. The van der Waals surface area contributed by atoms with E-state index >= 15 is 0 Å². The lowest BCUT2D eigenvalue weighted by Gasteiger charge is -2.45. The average molecular weight is 267 g/mol. The van der Waals surface area contributed by atoms with Gasteiger partial charge in [-0.3, -0.25) is 9.69 Å². The van der Waals surface area contributed by atoms with Gasteiger partial charge in [0.05, 0.1) is 6.54 Å². The second-order valence-electron chi connectivity index (χ2n) is 6.47. The van der Waals surface area contributed by atoms with E-state index in [2.05, 4.69) is 29.4 Å². The van der Waals surface area contributed by atoms with Crippen molar-refractivity contribution >= 4 is 5.91 Å². The van der Waals surface area contributed by atoms with Gasteiger partial charge in [-0.15, -0.1) is 0 Å². The van der Waals surface area contributed by atoms with E-state index in [0.29, 0.717) is 18.0 Å². The number of amides is 1. The van der Waals surface area contributed by atoms with Crippen LogP contribution in [0.15, 0.2) is 0 Å². The summed E-state index contributed by atoms with van der Waals surface area (Å²) in [7, 11) is 0. The molecule has 2 heterocycles. The molecule has 0 aliphatic carbocycles. The normalized spacial score (nSPS) is 30.2. The number of hydrogen-bond acceptors (Lipinski definition) is 3. The number of likely N-dealkylation sites (tertiary alicyclic amines) is 1. The van der Waals surface area contributed by atoms with E-state index in [1.54, 1.807) is 0 Å². The maximum absolute atomic E-state index is 12.0. The van der Waals surface area contributed by atoms with Gasteiger partial charge in [0.15, 0.2) is 0 Å². The van der Waals surface area contributed by atoms with Crippen LogP contribution in [0.5, 0.6) is 0 Å². The summed E-state index contributed by atoms with van der Waals surface area (Å²) in [5.74, 6) is 0.190. The number of rotatable bonds is 4. The largest absolute Gasteiger partial charge is 0.353 e. The Kier molecular flexibility index (Phi) is 5.22. The SMILES string of the molecule is CCC(C)NC(=O)CN1CCCC2(CCCNC2)C1. The Labute approximate surface area is 117 Å². The van der Waals surface area contributed by atoms with Gasteiger partial charge < -0.3 is 10.6 Å². The molecular formula is C15H29N3O. The summed E-state index contributed by atoms with van der Waals surface area (Å²) >= 11 is 0. The van der Waals surface area contributed by atoms with E-state index in [4.69, 9.17) is 0 Å². The molecule has 2 saturated heterocycles. The lowest BCUT2D eigenvalue weighted by molar-refractivity contribution is -0.123. The van der Waals surface area contributed by atoms with E-state index in [1.807, 2.05) is 0 Å². The van der Waals surface area contributed by atoms with Gasteiger partial charge in [-0.2, -0.15) is 0 Å². The van der Waals surface area contributed by atoms with Crippen LogP contribution in [0.2, 0.25) is 0 Å². The zero-order chi connectivity index (χ0) is 13.7. The molecule has 19 heavy (non-hydrogen) atoms. The Bertz CT molecular complexity index is 294. The second kappa shape index (κ2) is 6.71. The summed E-state index contributed by atoms with van der Waals surface area (Å²) < 4.78 is 0. The zero-order valence-corrected chi connectivity index (χ0v) is 12.5. The molecule has 2 fully saturated rings. The van der Waals surface area contributed by atoms with Gasteiger partial charge in [-0.1, -0.05) is 6.92 Å². The van der Waals surface area contributed by atoms with Crippen LogP contribution < -0.4 is 10.6 Å². The standard InChI is InChI=1S/C15H29N3O/c1-3-13(2)17-14(19)10-18-9-5-7-15(12-18)6-4-8-16-11-15/h13,16H,3-12H2,1-2H3,(H,17,19). The summed E-state index contributed by atoms with van der Waals surface area (Å²) in [6, 6.07) is 0.294. The molecule has 1 spiro atoms. The highest BCUT2D eigenvalue weighted by Gasteiger charge is 2.36. The van der Waals surface area contributed by atoms with Gasteiger partial charge in [0.25, 0.3) is 0 Å². The van der Waals surface area contributed by atoms with Crippen LogP contribution in [0, 0.1) is 5.41 Å². The fourth-order valence-electron chi connectivity index (χ4n) is 3.45. The Morgan fingerprint density at radius 1 is 1.42 bits per heavy atom. The van der Waals surface area contributed by atoms with Gasteiger partial charge in [0.2, 0.25) is 5.91 Å². The van der Waals surface area contributed by atoms with Crippen LogP contribution in [-0.4, -0.2) is 49.6 Å². The molecule has 1 amide bonds. The zero-order valence-electron chi connectivity index (χ0n) is 12.5. The van der Waals surface area contributed by atoms with Crippen LogP contribution in [0.1, 0.15) is 46.0 Å². The quantitative estimate of drug-likeness (QED) is 0.808. The Balaban J connectivity index is 1.82. The fraction of sp³-hybridized carbons (Fsp3) is 0.933. The van der Waals surface area contributed by atoms with E-state index < -0.39 is 0 Å².